The Morgan fingerprint density at radius 3 is 2.46 bits per heavy atom. The van der Waals surface area contributed by atoms with Gasteiger partial charge in [0.25, 0.3) is 0 Å². The molecule has 0 bridgehead atoms. The molecule has 0 spiro atoms. The summed E-state index contributed by atoms with van der Waals surface area (Å²) >= 11 is 0. The Kier molecular flexibility index (Phi) is 6.67. The van der Waals surface area contributed by atoms with E-state index in [9.17, 15) is 4.79 Å². The minimum atomic E-state index is 0.0385. The monoisotopic (exact) mass is 352 g/mol. The summed E-state index contributed by atoms with van der Waals surface area (Å²) in [6, 6.07) is 16.2. The zero-order chi connectivity index (χ0) is 18.2. The van der Waals surface area contributed by atoms with Crippen molar-refractivity contribution in [3.63, 3.8) is 0 Å². The maximum Gasteiger partial charge on any atom is 0.224 e. The summed E-state index contributed by atoms with van der Waals surface area (Å²) in [6.07, 6.45) is 4.36. The van der Waals surface area contributed by atoms with Crippen molar-refractivity contribution < 1.29 is 9.53 Å². The van der Waals surface area contributed by atoms with Crippen LogP contribution in [0.1, 0.15) is 36.0 Å². The Hall–Kier alpha value is -2.33. The van der Waals surface area contributed by atoms with Crippen LogP contribution >= 0.6 is 0 Å². The molecule has 0 saturated carbocycles. The molecule has 2 aromatic carbocycles. The highest BCUT2D eigenvalue weighted by Crippen LogP contribution is 2.14. The predicted molar refractivity (Wildman–Crippen MR) is 104 cm³/mol. The summed E-state index contributed by atoms with van der Waals surface area (Å²) in [5.41, 5.74) is 3.47. The number of methoxy groups -OCH3 is 1. The van der Waals surface area contributed by atoms with Crippen LogP contribution in [0, 0.1) is 0 Å². The summed E-state index contributed by atoms with van der Waals surface area (Å²) in [6.45, 7) is 3.97. The van der Waals surface area contributed by atoms with Crippen LogP contribution < -0.4 is 10.1 Å². The third-order valence-corrected chi connectivity index (χ3v) is 4.86. The lowest BCUT2D eigenvalue weighted by molar-refractivity contribution is -0.120. The first-order valence-electron chi connectivity index (χ1n) is 9.43. The molecule has 4 heteroatoms. The second kappa shape index (κ2) is 9.39. The third kappa shape index (κ3) is 5.60. The Bertz CT molecular complexity index is 706. The van der Waals surface area contributed by atoms with E-state index < -0.39 is 0 Å². The van der Waals surface area contributed by atoms with Crippen LogP contribution in [-0.4, -0.2) is 31.0 Å². The minimum Gasteiger partial charge on any atom is -0.497 e. The van der Waals surface area contributed by atoms with E-state index in [1.165, 1.54) is 37.9 Å². The zero-order valence-corrected chi connectivity index (χ0v) is 15.5. The van der Waals surface area contributed by atoms with Gasteiger partial charge in [0.05, 0.1) is 13.5 Å². The molecule has 4 nitrogen and oxygen atoms in total. The van der Waals surface area contributed by atoms with Crippen LogP contribution in [0.15, 0.2) is 48.5 Å². The molecule has 2 aromatic rings. The van der Waals surface area contributed by atoms with Gasteiger partial charge < -0.3 is 10.1 Å². The number of nitrogens with one attached hydrogen (secondary N) is 1. The molecule has 0 radical (unpaired) electrons. The molecule has 1 fully saturated rings. The molecular weight excluding hydrogens is 324 g/mol. The first kappa shape index (κ1) is 18.5. The summed E-state index contributed by atoms with van der Waals surface area (Å²) in [7, 11) is 1.64. The maximum absolute atomic E-state index is 12.2. The SMILES string of the molecule is COc1ccc(CC(=O)NCc2cccc(CN3CCCCC3)c2)cc1. The highest BCUT2D eigenvalue weighted by atomic mass is 16.5. The molecule has 0 unspecified atom stereocenters. The molecule has 0 atom stereocenters. The number of piperidine rings is 1. The van der Waals surface area contributed by atoms with Crippen LogP contribution in [-0.2, 0) is 24.3 Å². The van der Waals surface area contributed by atoms with E-state index in [1.54, 1.807) is 7.11 Å². The van der Waals surface area contributed by atoms with Gasteiger partial charge in [0.1, 0.15) is 5.75 Å². The van der Waals surface area contributed by atoms with E-state index in [4.69, 9.17) is 4.74 Å². The fourth-order valence-electron chi connectivity index (χ4n) is 3.41. The van der Waals surface area contributed by atoms with Crippen molar-refractivity contribution in [1.29, 1.82) is 0 Å². The average molecular weight is 352 g/mol. The molecule has 1 saturated heterocycles. The topological polar surface area (TPSA) is 41.6 Å². The normalized spacial score (nSPS) is 14.8. The van der Waals surface area contributed by atoms with E-state index in [0.717, 1.165) is 23.4 Å². The molecule has 0 aromatic heterocycles. The third-order valence-electron chi connectivity index (χ3n) is 4.86. The Labute approximate surface area is 156 Å². The average Bonchev–Trinajstić information content (AvgIpc) is 2.68. The molecule has 0 aliphatic carbocycles. The van der Waals surface area contributed by atoms with Gasteiger partial charge in [-0.05, 0) is 54.8 Å². The van der Waals surface area contributed by atoms with Crippen molar-refractivity contribution in [1.82, 2.24) is 10.2 Å². The number of carbonyl (C=O) groups is 1. The van der Waals surface area contributed by atoms with Gasteiger partial charge in [0, 0.05) is 13.1 Å². The van der Waals surface area contributed by atoms with Crippen molar-refractivity contribution in [2.24, 2.45) is 0 Å². The minimum absolute atomic E-state index is 0.0385. The fourth-order valence-corrected chi connectivity index (χ4v) is 3.41. The number of benzene rings is 2. The van der Waals surface area contributed by atoms with Gasteiger partial charge in [-0.25, -0.2) is 0 Å². The van der Waals surface area contributed by atoms with E-state index in [-0.39, 0.29) is 5.91 Å². The number of amides is 1. The van der Waals surface area contributed by atoms with Crippen LogP contribution in [0.3, 0.4) is 0 Å². The predicted octanol–water partition coefficient (Wildman–Crippen LogP) is 3.54. The Balaban J connectivity index is 1.48. The molecule has 138 valence electrons. The van der Waals surface area contributed by atoms with E-state index in [1.807, 2.05) is 24.3 Å². The van der Waals surface area contributed by atoms with E-state index >= 15 is 0 Å². The largest absolute Gasteiger partial charge is 0.497 e. The lowest BCUT2D eigenvalue weighted by Crippen LogP contribution is -2.29. The summed E-state index contributed by atoms with van der Waals surface area (Å²) < 4.78 is 5.14. The van der Waals surface area contributed by atoms with Gasteiger partial charge in [-0.15, -0.1) is 0 Å². The van der Waals surface area contributed by atoms with Crippen LogP contribution in [0.2, 0.25) is 0 Å². The van der Waals surface area contributed by atoms with Gasteiger partial charge in [0.15, 0.2) is 0 Å². The molecule has 1 N–H and O–H groups in total. The molecule has 1 heterocycles. The van der Waals surface area contributed by atoms with Gasteiger partial charge in [-0.3, -0.25) is 9.69 Å². The molecule has 1 aliphatic rings. The van der Waals surface area contributed by atoms with Crippen LogP contribution in [0.25, 0.3) is 0 Å². The van der Waals surface area contributed by atoms with Crippen molar-refractivity contribution in [3.05, 3.63) is 65.2 Å². The van der Waals surface area contributed by atoms with Crippen LogP contribution in [0.4, 0.5) is 0 Å². The lowest BCUT2D eigenvalue weighted by Gasteiger charge is -2.26. The zero-order valence-electron chi connectivity index (χ0n) is 15.5. The van der Waals surface area contributed by atoms with Crippen LogP contribution in [0.5, 0.6) is 5.75 Å². The highest BCUT2D eigenvalue weighted by molar-refractivity contribution is 5.78. The smallest absolute Gasteiger partial charge is 0.224 e. The number of ether oxygens (including phenoxy) is 1. The number of hydrogen-bond acceptors (Lipinski definition) is 3. The second-order valence-corrected chi connectivity index (χ2v) is 6.96. The van der Waals surface area contributed by atoms with Gasteiger partial charge >= 0.3 is 0 Å². The first-order chi connectivity index (χ1) is 12.7. The molecule has 3 rings (SSSR count). The molecule has 1 amide bonds. The van der Waals surface area contributed by atoms with Gasteiger partial charge in [-0.2, -0.15) is 0 Å². The van der Waals surface area contributed by atoms with Crippen molar-refractivity contribution in [2.45, 2.75) is 38.8 Å². The lowest BCUT2D eigenvalue weighted by atomic mass is 10.1. The van der Waals surface area contributed by atoms with Gasteiger partial charge in [-0.1, -0.05) is 42.8 Å². The highest BCUT2D eigenvalue weighted by Gasteiger charge is 2.10. The maximum atomic E-state index is 12.2. The van der Waals surface area contributed by atoms with Crippen molar-refractivity contribution in [3.8, 4) is 5.75 Å². The molecule has 26 heavy (non-hydrogen) atoms. The number of nitrogens with zero attached hydrogens (tertiary/aromatic N) is 1. The summed E-state index contributed by atoms with van der Waals surface area (Å²) in [5, 5.41) is 3.02. The first-order valence-corrected chi connectivity index (χ1v) is 9.43. The molecule has 1 aliphatic heterocycles. The Morgan fingerprint density at radius 1 is 1.00 bits per heavy atom. The number of likely N-dealkylation sites (tertiary alicyclic amines) is 1. The molecular formula is C22H28N2O2. The Morgan fingerprint density at radius 2 is 1.73 bits per heavy atom. The standard InChI is InChI=1S/C22H28N2O2/c1-26-21-10-8-18(9-11-21)15-22(25)23-16-19-6-5-7-20(14-19)17-24-12-3-2-4-13-24/h5-11,14H,2-4,12-13,15-17H2,1H3,(H,23,25). The van der Waals surface area contributed by atoms with E-state index in [0.29, 0.717) is 13.0 Å². The van der Waals surface area contributed by atoms with Crippen molar-refractivity contribution >= 4 is 5.91 Å². The van der Waals surface area contributed by atoms with Crippen molar-refractivity contribution in [2.75, 3.05) is 20.2 Å². The number of hydrogen-bond donors (Lipinski definition) is 1. The second-order valence-electron chi connectivity index (χ2n) is 6.96. The van der Waals surface area contributed by atoms with E-state index in [2.05, 4.69) is 34.5 Å². The number of carbonyl (C=O) groups excluding carboxylic acids is 1. The fraction of sp³-hybridized carbons (Fsp3) is 0.409. The quantitative estimate of drug-likeness (QED) is 0.829. The summed E-state index contributed by atoms with van der Waals surface area (Å²) in [4.78, 5) is 14.7. The number of rotatable bonds is 7. The summed E-state index contributed by atoms with van der Waals surface area (Å²) in [5.74, 6) is 0.844. The van der Waals surface area contributed by atoms with Gasteiger partial charge in [0.2, 0.25) is 5.91 Å².